The molecular formula is C29H25F3N4O2. The van der Waals surface area contributed by atoms with E-state index in [-0.39, 0.29) is 11.4 Å². The number of aryl methyl sites for hydroxylation is 1. The van der Waals surface area contributed by atoms with Crippen LogP contribution in [0.3, 0.4) is 0 Å². The zero-order valence-corrected chi connectivity index (χ0v) is 20.5. The molecule has 0 fully saturated rings. The fraction of sp³-hybridized carbons (Fsp3) is 0.172. The number of para-hydroxylation sites is 2. The van der Waals surface area contributed by atoms with E-state index in [0.29, 0.717) is 35.4 Å². The summed E-state index contributed by atoms with van der Waals surface area (Å²) in [6.07, 6.45) is -2.47. The molecule has 1 aromatic heterocycles. The van der Waals surface area contributed by atoms with Crippen LogP contribution < -0.4 is 15.9 Å². The summed E-state index contributed by atoms with van der Waals surface area (Å²) in [6, 6.07) is 23.7. The largest absolute Gasteiger partial charge is 0.455 e. The van der Waals surface area contributed by atoms with Gasteiger partial charge in [-0.05, 0) is 62.2 Å². The molecule has 6 nitrogen and oxygen atoms in total. The number of hydrazone groups is 1. The number of nitrogens with one attached hydrogen (secondary N) is 2. The summed E-state index contributed by atoms with van der Waals surface area (Å²) in [5.74, 6) is 0.379. The summed E-state index contributed by atoms with van der Waals surface area (Å²) in [5.41, 5.74) is 8.68. The first-order chi connectivity index (χ1) is 18.3. The Labute approximate surface area is 217 Å². The maximum atomic E-state index is 13.4. The minimum Gasteiger partial charge on any atom is -0.455 e. The van der Waals surface area contributed by atoms with E-state index in [1.54, 1.807) is 11.9 Å². The first-order valence-electron chi connectivity index (χ1n) is 12.1. The second-order valence-corrected chi connectivity index (χ2v) is 8.90. The van der Waals surface area contributed by atoms with Crippen LogP contribution in [0, 0.1) is 6.92 Å². The number of amides is 1. The van der Waals surface area contributed by atoms with E-state index in [0.717, 1.165) is 29.9 Å². The molecule has 1 heterocycles. The number of furan rings is 1. The van der Waals surface area contributed by atoms with Gasteiger partial charge in [0.25, 0.3) is 0 Å². The molecule has 0 unspecified atom stereocenters. The molecule has 1 aliphatic rings. The molecule has 0 radical (unpaired) electrons. The third-order valence-corrected chi connectivity index (χ3v) is 6.28. The minimum absolute atomic E-state index is 0.167. The average molecular weight is 519 g/mol. The molecule has 1 amide bonds. The molecule has 0 spiro atoms. The molecule has 0 atom stereocenters. The number of rotatable bonds is 6. The molecule has 2 N–H and O–H groups in total. The standard InChI is InChI=1S/C29H25F3N4O2/c1-19-26-24(34-33-21-11-8-10-20(18-21)29(30,31)32)16-9-17-25(26)38-27(19)28(37)35-36(22-12-4-2-5-13-22)23-14-6-3-7-15-23/h2-8,10-15,18,33H,9,16-17H2,1H3,(H,35,37)/b34-24+. The lowest BCUT2D eigenvalue weighted by molar-refractivity contribution is -0.137. The highest BCUT2D eigenvalue weighted by Gasteiger charge is 2.31. The lowest BCUT2D eigenvalue weighted by atomic mass is 9.93. The minimum atomic E-state index is -4.44. The molecule has 0 saturated heterocycles. The lowest BCUT2D eigenvalue weighted by Crippen LogP contribution is -2.39. The lowest BCUT2D eigenvalue weighted by Gasteiger charge is -2.25. The Morgan fingerprint density at radius 3 is 2.21 bits per heavy atom. The van der Waals surface area contributed by atoms with Crippen LogP contribution in [0.25, 0.3) is 0 Å². The number of halogens is 3. The van der Waals surface area contributed by atoms with Gasteiger partial charge in [0, 0.05) is 17.5 Å². The van der Waals surface area contributed by atoms with Gasteiger partial charge in [-0.2, -0.15) is 18.3 Å². The zero-order valence-electron chi connectivity index (χ0n) is 20.5. The van der Waals surface area contributed by atoms with E-state index in [9.17, 15) is 18.0 Å². The van der Waals surface area contributed by atoms with Crippen molar-refractivity contribution in [1.29, 1.82) is 0 Å². The van der Waals surface area contributed by atoms with Crippen molar-refractivity contribution in [1.82, 2.24) is 5.43 Å². The number of hydrazine groups is 1. The highest BCUT2D eigenvalue weighted by molar-refractivity contribution is 6.07. The number of carbonyl (C=O) groups excluding carboxylic acids is 1. The molecule has 3 aromatic carbocycles. The normalized spacial score (nSPS) is 14.2. The van der Waals surface area contributed by atoms with Crippen molar-refractivity contribution in [2.24, 2.45) is 5.10 Å². The molecule has 5 rings (SSSR count). The third kappa shape index (κ3) is 5.27. The quantitative estimate of drug-likeness (QED) is 0.264. The zero-order chi connectivity index (χ0) is 26.7. The van der Waals surface area contributed by atoms with E-state index in [2.05, 4.69) is 16.0 Å². The van der Waals surface area contributed by atoms with Crippen molar-refractivity contribution in [2.45, 2.75) is 32.4 Å². The number of benzene rings is 3. The molecular weight excluding hydrogens is 493 g/mol. The van der Waals surface area contributed by atoms with Crippen molar-refractivity contribution in [3.8, 4) is 0 Å². The summed E-state index contributed by atoms with van der Waals surface area (Å²) in [7, 11) is 0. The SMILES string of the molecule is Cc1c(C(=O)NN(c2ccccc2)c2ccccc2)oc2c1/C(=N/Nc1cccc(C(F)(F)F)c1)CCC2. The van der Waals surface area contributed by atoms with E-state index >= 15 is 0 Å². The number of hydrogen-bond donors (Lipinski definition) is 2. The Hall–Kier alpha value is -4.53. The molecule has 9 heteroatoms. The van der Waals surface area contributed by atoms with Crippen LogP contribution in [0.2, 0.25) is 0 Å². The number of anilines is 3. The monoisotopic (exact) mass is 518 g/mol. The van der Waals surface area contributed by atoms with Gasteiger partial charge in [0.2, 0.25) is 0 Å². The van der Waals surface area contributed by atoms with Gasteiger partial charge in [0.05, 0.1) is 28.3 Å². The van der Waals surface area contributed by atoms with Gasteiger partial charge in [-0.15, -0.1) is 0 Å². The molecule has 4 aromatic rings. The third-order valence-electron chi connectivity index (χ3n) is 6.28. The van der Waals surface area contributed by atoms with Gasteiger partial charge in [0.1, 0.15) is 5.76 Å². The first kappa shape index (κ1) is 25.1. The predicted octanol–water partition coefficient (Wildman–Crippen LogP) is 7.24. The maximum Gasteiger partial charge on any atom is 0.416 e. The maximum absolute atomic E-state index is 13.4. The Balaban J connectivity index is 1.42. The molecule has 0 aliphatic heterocycles. The van der Waals surface area contributed by atoms with Crippen LogP contribution in [0.15, 0.2) is 94.4 Å². The number of carbonyl (C=O) groups is 1. The number of nitrogens with zero attached hydrogens (tertiary/aromatic N) is 2. The van der Waals surface area contributed by atoms with Crippen molar-refractivity contribution < 1.29 is 22.4 Å². The van der Waals surface area contributed by atoms with Crippen LogP contribution in [0.4, 0.5) is 30.2 Å². The highest BCUT2D eigenvalue weighted by atomic mass is 19.4. The van der Waals surface area contributed by atoms with Crippen LogP contribution in [0.5, 0.6) is 0 Å². The predicted molar refractivity (Wildman–Crippen MR) is 140 cm³/mol. The number of alkyl halides is 3. The highest BCUT2D eigenvalue weighted by Crippen LogP contribution is 2.32. The van der Waals surface area contributed by atoms with Crippen LogP contribution in [-0.2, 0) is 12.6 Å². The second kappa shape index (κ2) is 10.5. The van der Waals surface area contributed by atoms with Crippen molar-refractivity contribution in [2.75, 3.05) is 10.4 Å². The van der Waals surface area contributed by atoms with E-state index in [1.165, 1.54) is 12.1 Å². The average Bonchev–Trinajstić information content (AvgIpc) is 3.28. The first-order valence-corrected chi connectivity index (χ1v) is 12.1. The summed E-state index contributed by atoms with van der Waals surface area (Å²) in [4.78, 5) is 13.4. The summed E-state index contributed by atoms with van der Waals surface area (Å²) in [6.45, 7) is 1.79. The molecule has 194 valence electrons. The molecule has 0 bridgehead atoms. The topological polar surface area (TPSA) is 69.9 Å². The van der Waals surface area contributed by atoms with E-state index in [4.69, 9.17) is 4.42 Å². The summed E-state index contributed by atoms with van der Waals surface area (Å²) < 4.78 is 45.3. The molecule has 0 saturated carbocycles. The summed E-state index contributed by atoms with van der Waals surface area (Å²) in [5, 5.41) is 6.09. The van der Waals surface area contributed by atoms with Crippen LogP contribution in [0.1, 0.15) is 45.8 Å². The van der Waals surface area contributed by atoms with Gasteiger partial charge in [-0.1, -0.05) is 42.5 Å². The van der Waals surface area contributed by atoms with Crippen molar-refractivity contribution >= 4 is 28.7 Å². The Kier molecular flexibility index (Phi) is 6.91. The smallest absolute Gasteiger partial charge is 0.416 e. The Morgan fingerprint density at radius 2 is 1.58 bits per heavy atom. The number of hydrogen-bond acceptors (Lipinski definition) is 5. The summed E-state index contributed by atoms with van der Waals surface area (Å²) >= 11 is 0. The van der Waals surface area contributed by atoms with Gasteiger partial charge in [-0.3, -0.25) is 20.7 Å². The van der Waals surface area contributed by atoms with Crippen molar-refractivity contribution in [3.05, 3.63) is 113 Å². The fourth-order valence-electron chi connectivity index (χ4n) is 4.48. The Morgan fingerprint density at radius 1 is 0.921 bits per heavy atom. The molecule has 1 aliphatic carbocycles. The van der Waals surface area contributed by atoms with Gasteiger partial charge in [-0.25, -0.2) is 0 Å². The molecule has 38 heavy (non-hydrogen) atoms. The van der Waals surface area contributed by atoms with Crippen molar-refractivity contribution in [3.63, 3.8) is 0 Å². The van der Waals surface area contributed by atoms with Gasteiger partial charge in [0.15, 0.2) is 5.76 Å². The van der Waals surface area contributed by atoms with E-state index < -0.39 is 17.6 Å². The Bertz CT molecular complexity index is 1420. The van der Waals surface area contributed by atoms with Gasteiger partial charge >= 0.3 is 12.1 Å². The van der Waals surface area contributed by atoms with Gasteiger partial charge < -0.3 is 4.42 Å². The fourth-order valence-corrected chi connectivity index (χ4v) is 4.48. The van der Waals surface area contributed by atoms with Crippen LogP contribution in [-0.4, -0.2) is 11.6 Å². The number of fused-ring (bicyclic) bond motifs is 1. The second-order valence-electron chi connectivity index (χ2n) is 8.90. The van der Waals surface area contributed by atoms with E-state index in [1.807, 2.05) is 60.7 Å². The van der Waals surface area contributed by atoms with Crippen LogP contribution >= 0.6 is 0 Å².